The highest BCUT2D eigenvalue weighted by Gasteiger charge is 2.61. The lowest BCUT2D eigenvalue weighted by molar-refractivity contribution is -0.141. The number of hydrogen-bond acceptors (Lipinski definition) is 3. The quantitative estimate of drug-likeness (QED) is 0.810. The first-order valence-corrected chi connectivity index (χ1v) is 9.63. The van der Waals surface area contributed by atoms with Gasteiger partial charge in [0.2, 0.25) is 11.8 Å². The highest BCUT2D eigenvalue weighted by molar-refractivity contribution is 5.78. The first-order valence-electron chi connectivity index (χ1n) is 9.63. The third-order valence-corrected chi connectivity index (χ3v) is 6.79. The summed E-state index contributed by atoms with van der Waals surface area (Å²) >= 11 is 0. The second kappa shape index (κ2) is 6.27. The van der Waals surface area contributed by atoms with Crippen molar-refractivity contribution in [3.05, 3.63) is 17.5 Å². The van der Waals surface area contributed by atoms with Gasteiger partial charge in [-0.05, 0) is 38.7 Å². The topological polar surface area (TPSA) is 58.4 Å². The van der Waals surface area contributed by atoms with Gasteiger partial charge >= 0.3 is 0 Å². The molecule has 2 bridgehead atoms. The van der Waals surface area contributed by atoms with Crippen LogP contribution in [-0.2, 0) is 16.1 Å². The summed E-state index contributed by atoms with van der Waals surface area (Å²) in [4.78, 5) is 29.2. The molecule has 1 aromatic heterocycles. The Labute approximate surface area is 157 Å². The molecule has 3 fully saturated rings. The molecule has 148 valence electrons. The predicted molar refractivity (Wildman–Crippen MR) is 94.1 cm³/mol. The highest BCUT2D eigenvalue weighted by atomic mass is 19.3. The summed E-state index contributed by atoms with van der Waals surface area (Å²) in [6, 6.07) is 1.56. The smallest absolute Gasteiger partial charge is 0.280 e. The van der Waals surface area contributed by atoms with Gasteiger partial charge in [-0.3, -0.25) is 14.3 Å². The fourth-order valence-electron chi connectivity index (χ4n) is 5.83. The molecule has 0 radical (unpaired) electrons. The van der Waals surface area contributed by atoms with E-state index in [0.717, 1.165) is 30.4 Å². The van der Waals surface area contributed by atoms with E-state index >= 15 is 0 Å². The average molecular weight is 380 g/mol. The highest BCUT2D eigenvalue weighted by Crippen LogP contribution is 2.54. The molecule has 2 amide bonds. The normalized spacial score (nSPS) is 32.3. The molecule has 3 heterocycles. The van der Waals surface area contributed by atoms with Crippen LogP contribution in [-0.4, -0.2) is 56.1 Å². The first-order chi connectivity index (χ1) is 12.7. The van der Waals surface area contributed by atoms with E-state index in [9.17, 15) is 18.4 Å². The van der Waals surface area contributed by atoms with Crippen LogP contribution < -0.4 is 0 Å². The lowest BCUT2D eigenvalue weighted by Crippen LogP contribution is -2.58. The zero-order valence-electron chi connectivity index (χ0n) is 16.0. The molecular weight excluding hydrogens is 354 g/mol. The van der Waals surface area contributed by atoms with Crippen LogP contribution in [0.1, 0.15) is 57.3 Å². The second-order valence-electron chi connectivity index (χ2n) is 8.47. The van der Waals surface area contributed by atoms with Crippen molar-refractivity contribution < 1.29 is 18.4 Å². The number of carbonyl (C=O) groups excluding carboxylic acids is 2. The molecule has 27 heavy (non-hydrogen) atoms. The number of alkyl halides is 2. The molecule has 2 aliphatic heterocycles. The number of carbonyl (C=O) groups is 2. The van der Waals surface area contributed by atoms with Crippen molar-refractivity contribution in [1.29, 1.82) is 0 Å². The fraction of sp³-hybridized carbons (Fsp3) is 0.737. The Morgan fingerprint density at radius 2 is 2.04 bits per heavy atom. The number of aromatic nitrogens is 2. The minimum absolute atomic E-state index is 0.0183. The summed E-state index contributed by atoms with van der Waals surface area (Å²) in [6.45, 7) is 5.73. The van der Waals surface area contributed by atoms with Crippen molar-refractivity contribution in [2.24, 2.45) is 5.41 Å². The maximum Gasteiger partial charge on any atom is 0.280 e. The molecule has 0 N–H and O–H groups in total. The van der Waals surface area contributed by atoms with Crippen LogP contribution in [0, 0.1) is 12.3 Å². The van der Waals surface area contributed by atoms with Crippen molar-refractivity contribution in [3.63, 3.8) is 0 Å². The van der Waals surface area contributed by atoms with Gasteiger partial charge in [0.25, 0.3) is 6.43 Å². The lowest BCUT2D eigenvalue weighted by Gasteiger charge is -2.49. The molecule has 6 nitrogen and oxygen atoms in total. The van der Waals surface area contributed by atoms with E-state index in [1.54, 1.807) is 13.8 Å². The largest absolute Gasteiger partial charge is 0.335 e. The molecule has 0 unspecified atom stereocenters. The number of halogens is 2. The fourth-order valence-corrected chi connectivity index (χ4v) is 5.83. The molecule has 4 atom stereocenters. The van der Waals surface area contributed by atoms with Crippen LogP contribution in [0.3, 0.4) is 0 Å². The Kier molecular flexibility index (Phi) is 4.27. The summed E-state index contributed by atoms with van der Waals surface area (Å²) in [5.74, 6) is -0.127. The third-order valence-electron chi connectivity index (χ3n) is 6.79. The monoisotopic (exact) mass is 380 g/mol. The van der Waals surface area contributed by atoms with Gasteiger partial charge in [0.05, 0.1) is 11.7 Å². The number of nitrogens with zero attached hydrogens (tertiary/aromatic N) is 4. The maximum absolute atomic E-state index is 13.2. The number of amides is 2. The SMILES string of the molecule is CC(=O)N1[C@@H]2CN(C(=O)Cn3nc(C)cc3C(F)F)[C@@H]3CCC[C@H]1[C@]3(C)C2. The number of likely N-dealkylation sites (tertiary alicyclic amines) is 2. The van der Waals surface area contributed by atoms with Gasteiger partial charge < -0.3 is 9.80 Å². The molecule has 1 aliphatic carbocycles. The molecule has 3 aliphatic rings. The van der Waals surface area contributed by atoms with Crippen molar-refractivity contribution >= 4 is 11.8 Å². The molecule has 1 saturated carbocycles. The van der Waals surface area contributed by atoms with Crippen LogP contribution in [0.4, 0.5) is 8.78 Å². The summed E-state index contributed by atoms with van der Waals surface area (Å²) in [5.41, 5.74) is 0.136. The van der Waals surface area contributed by atoms with Crippen molar-refractivity contribution in [3.8, 4) is 0 Å². The van der Waals surface area contributed by atoms with Crippen molar-refractivity contribution in [2.45, 2.75) is 77.6 Å². The first kappa shape index (κ1) is 18.4. The molecule has 4 rings (SSSR count). The second-order valence-corrected chi connectivity index (χ2v) is 8.47. The van der Waals surface area contributed by atoms with E-state index < -0.39 is 6.43 Å². The molecular formula is C19H26F2N4O2. The van der Waals surface area contributed by atoms with Gasteiger partial charge in [0.15, 0.2) is 0 Å². The summed E-state index contributed by atoms with van der Waals surface area (Å²) in [7, 11) is 0. The van der Waals surface area contributed by atoms with E-state index in [2.05, 4.69) is 12.0 Å². The lowest BCUT2D eigenvalue weighted by atomic mass is 9.66. The number of hydrogen-bond donors (Lipinski definition) is 0. The maximum atomic E-state index is 13.2. The van der Waals surface area contributed by atoms with E-state index in [1.807, 2.05) is 9.80 Å². The minimum Gasteiger partial charge on any atom is -0.335 e. The Morgan fingerprint density at radius 1 is 1.33 bits per heavy atom. The Bertz CT molecular complexity index is 780. The molecule has 0 spiro atoms. The Balaban J connectivity index is 1.61. The molecule has 0 aromatic carbocycles. The van der Waals surface area contributed by atoms with Gasteiger partial charge in [-0.1, -0.05) is 6.92 Å². The summed E-state index contributed by atoms with van der Waals surface area (Å²) in [6.07, 6.45) is 1.08. The van der Waals surface area contributed by atoms with Gasteiger partial charge in [0.1, 0.15) is 12.2 Å². The van der Waals surface area contributed by atoms with Crippen LogP contribution in [0.25, 0.3) is 0 Å². The van der Waals surface area contributed by atoms with Gasteiger partial charge in [-0.15, -0.1) is 0 Å². The van der Waals surface area contributed by atoms with E-state index in [4.69, 9.17) is 0 Å². The summed E-state index contributed by atoms with van der Waals surface area (Å²) in [5, 5.41) is 4.09. The average Bonchev–Trinajstić information content (AvgIpc) is 3.08. The van der Waals surface area contributed by atoms with Crippen molar-refractivity contribution in [2.75, 3.05) is 6.54 Å². The third kappa shape index (κ3) is 2.75. The molecule has 1 aromatic rings. The van der Waals surface area contributed by atoms with Crippen LogP contribution >= 0.6 is 0 Å². The van der Waals surface area contributed by atoms with E-state index in [1.165, 1.54) is 6.07 Å². The Morgan fingerprint density at radius 3 is 2.70 bits per heavy atom. The zero-order valence-corrected chi connectivity index (χ0v) is 16.0. The molecule has 8 heteroatoms. The van der Waals surface area contributed by atoms with Crippen LogP contribution in [0.5, 0.6) is 0 Å². The standard InChI is InChI=1S/C19H26F2N4O2/c1-11-7-14(18(20)21)24(22-11)10-17(27)23-9-13-8-19(3)15(23)5-4-6-16(19)25(13)12(2)26/h7,13,15-16,18H,4-6,8-10H2,1-3H3/t13-,15+,16-,19+/m0/s1. The van der Waals surface area contributed by atoms with Crippen molar-refractivity contribution in [1.82, 2.24) is 19.6 Å². The van der Waals surface area contributed by atoms with E-state index in [-0.39, 0.29) is 47.6 Å². The molecule has 2 saturated heterocycles. The van der Waals surface area contributed by atoms with Gasteiger partial charge in [-0.2, -0.15) is 5.10 Å². The number of aryl methyl sites for hydroxylation is 1. The number of fused-ring (bicyclic) bond motifs is 1. The Hall–Kier alpha value is -1.99. The van der Waals surface area contributed by atoms with Gasteiger partial charge in [0, 0.05) is 31.0 Å². The van der Waals surface area contributed by atoms with Crippen LogP contribution in [0.2, 0.25) is 0 Å². The van der Waals surface area contributed by atoms with Crippen LogP contribution in [0.15, 0.2) is 6.07 Å². The number of piperidine rings is 1. The number of rotatable bonds is 3. The zero-order chi connectivity index (χ0) is 19.5. The predicted octanol–water partition coefficient (Wildman–Crippen LogP) is 2.52. The summed E-state index contributed by atoms with van der Waals surface area (Å²) < 4.78 is 27.6. The van der Waals surface area contributed by atoms with Gasteiger partial charge in [-0.25, -0.2) is 8.78 Å². The minimum atomic E-state index is -2.67. The van der Waals surface area contributed by atoms with E-state index in [0.29, 0.717) is 12.2 Å².